The summed E-state index contributed by atoms with van der Waals surface area (Å²) in [7, 11) is 2.56. The zero-order chi connectivity index (χ0) is 25.2. The number of benzene rings is 3. The lowest BCUT2D eigenvalue weighted by atomic mass is 10.0. The molecule has 1 aliphatic heterocycles. The SMILES string of the molecule is CN(C)CCNS(=O)c1ccccc1-c1ccc2nc(N)nc(C(=O)N3Cc4ccccc4C3)c2c1. The molecule has 184 valence electrons. The second-order valence-electron chi connectivity index (χ2n) is 9.05. The molecule has 0 fully saturated rings. The number of carbonyl (C=O) groups is 1. The number of likely N-dealkylation sites (N-methyl/N-ethyl adjacent to an activating group) is 1. The minimum absolute atomic E-state index is 0.0573. The molecule has 0 saturated carbocycles. The molecule has 3 N–H and O–H groups in total. The van der Waals surface area contributed by atoms with Crippen LogP contribution in [0, 0.1) is 0 Å². The molecule has 2 heterocycles. The second kappa shape index (κ2) is 10.1. The second-order valence-corrected chi connectivity index (χ2v) is 10.3. The van der Waals surface area contributed by atoms with Gasteiger partial charge in [0.05, 0.1) is 10.4 Å². The number of rotatable bonds is 7. The number of nitrogen functional groups attached to an aromatic ring is 1. The first-order valence-corrected chi connectivity index (χ1v) is 12.9. The van der Waals surface area contributed by atoms with E-state index in [4.69, 9.17) is 5.73 Å². The minimum atomic E-state index is -1.39. The Morgan fingerprint density at radius 1 is 1.03 bits per heavy atom. The van der Waals surface area contributed by atoms with Crippen LogP contribution in [0.1, 0.15) is 21.6 Å². The van der Waals surface area contributed by atoms with Gasteiger partial charge in [0, 0.05) is 31.6 Å². The molecule has 0 radical (unpaired) electrons. The van der Waals surface area contributed by atoms with Crippen LogP contribution in [0.2, 0.25) is 0 Å². The molecule has 1 atom stereocenters. The van der Waals surface area contributed by atoms with Crippen molar-refractivity contribution in [3.05, 3.63) is 83.6 Å². The number of carbonyl (C=O) groups excluding carboxylic acids is 1. The summed E-state index contributed by atoms with van der Waals surface area (Å²) in [5, 5.41) is 0.615. The Labute approximate surface area is 212 Å². The van der Waals surface area contributed by atoms with Gasteiger partial charge in [-0.2, -0.15) is 0 Å². The van der Waals surface area contributed by atoms with Crippen LogP contribution in [0.4, 0.5) is 5.95 Å². The van der Waals surface area contributed by atoms with E-state index in [2.05, 4.69) is 14.7 Å². The Bertz CT molecular complexity index is 1450. The van der Waals surface area contributed by atoms with Crippen molar-refractivity contribution < 1.29 is 9.00 Å². The molecule has 5 rings (SSSR count). The van der Waals surface area contributed by atoms with Crippen molar-refractivity contribution in [2.24, 2.45) is 0 Å². The lowest BCUT2D eigenvalue weighted by Gasteiger charge is -2.17. The first-order valence-electron chi connectivity index (χ1n) is 11.7. The summed E-state index contributed by atoms with van der Waals surface area (Å²) in [6, 6.07) is 21.2. The van der Waals surface area contributed by atoms with Gasteiger partial charge in [0.15, 0.2) is 0 Å². The van der Waals surface area contributed by atoms with Gasteiger partial charge in [-0.3, -0.25) is 4.79 Å². The maximum absolute atomic E-state index is 13.6. The first kappa shape index (κ1) is 24.1. The van der Waals surface area contributed by atoms with E-state index in [1.807, 2.05) is 85.7 Å². The summed E-state index contributed by atoms with van der Waals surface area (Å²) in [5.74, 6) is -0.133. The third-order valence-corrected chi connectivity index (χ3v) is 7.46. The van der Waals surface area contributed by atoms with Crippen molar-refractivity contribution >= 4 is 33.7 Å². The van der Waals surface area contributed by atoms with Crippen LogP contribution in [-0.4, -0.2) is 57.1 Å². The van der Waals surface area contributed by atoms with Crippen LogP contribution >= 0.6 is 0 Å². The fourth-order valence-corrected chi connectivity index (χ4v) is 5.43. The number of nitrogens with one attached hydrogen (secondary N) is 1. The predicted molar refractivity (Wildman–Crippen MR) is 142 cm³/mol. The van der Waals surface area contributed by atoms with E-state index in [-0.39, 0.29) is 17.5 Å². The molecule has 1 amide bonds. The monoisotopic (exact) mass is 500 g/mol. The molecule has 0 bridgehead atoms. The Morgan fingerprint density at radius 3 is 2.44 bits per heavy atom. The van der Waals surface area contributed by atoms with E-state index in [1.165, 1.54) is 0 Å². The zero-order valence-electron chi connectivity index (χ0n) is 20.3. The van der Waals surface area contributed by atoms with Gasteiger partial charge < -0.3 is 15.5 Å². The van der Waals surface area contributed by atoms with Gasteiger partial charge in [0.25, 0.3) is 5.91 Å². The molecule has 1 unspecified atom stereocenters. The highest BCUT2D eigenvalue weighted by atomic mass is 32.2. The summed E-state index contributed by atoms with van der Waals surface area (Å²) in [6.45, 7) is 2.42. The fourth-order valence-electron chi connectivity index (χ4n) is 4.41. The summed E-state index contributed by atoms with van der Waals surface area (Å²) < 4.78 is 16.2. The highest BCUT2D eigenvalue weighted by Gasteiger charge is 2.27. The van der Waals surface area contributed by atoms with Crippen molar-refractivity contribution in [3.63, 3.8) is 0 Å². The van der Waals surface area contributed by atoms with Crippen molar-refractivity contribution in [3.8, 4) is 11.1 Å². The number of nitrogens with zero attached hydrogens (tertiary/aromatic N) is 4. The van der Waals surface area contributed by atoms with Gasteiger partial charge in [-0.15, -0.1) is 0 Å². The molecular formula is C27H28N6O2S. The predicted octanol–water partition coefficient (Wildman–Crippen LogP) is 3.21. The van der Waals surface area contributed by atoms with Crippen LogP contribution in [0.3, 0.4) is 0 Å². The fraction of sp³-hybridized carbons (Fsp3) is 0.222. The molecule has 9 heteroatoms. The van der Waals surface area contributed by atoms with E-state index in [0.29, 0.717) is 35.4 Å². The Kier molecular flexibility index (Phi) is 6.77. The number of hydrogen-bond acceptors (Lipinski definition) is 6. The molecule has 0 aliphatic carbocycles. The van der Waals surface area contributed by atoms with Crippen LogP contribution in [0.5, 0.6) is 0 Å². The smallest absolute Gasteiger partial charge is 0.273 e. The van der Waals surface area contributed by atoms with E-state index >= 15 is 0 Å². The van der Waals surface area contributed by atoms with Crippen LogP contribution in [0.15, 0.2) is 71.6 Å². The number of amides is 1. The topological polar surface area (TPSA) is 104 Å². The summed E-state index contributed by atoms with van der Waals surface area (Å²) in [4.78, 5) is 26.8. The van der Waals surface area contributed by atoms with Crippen LogP contribution < -0.4 is 10.5 Å². The van der Waals surface area contributed by atoms with Crippen molar-refractivity contribution in [2.45, 2.75) is 18.0 Å². The van der Waals surface area contributed by atoms with Gasteiger partial charge in [-0.1, -0.05) is 48.5 Å². The maximum Gasteiger partial charge on any atom is 0.273 e. The standard InChI is InChI=1S/C27H28N6O2S/c1-32(2)14-13-29-36(35)24-10-6-5-9-21(24)18-11-12-23-22(15-18)25(31-27(28)30-23)26(34)33-16-19-7-3-4-8-20(19)17-33/h3-12,15,29H,13-14,16-17H2,1-2H3,(H2,28,30,31). The average Bonchev–Trinajstić information content (AvgIpc) is 3.31. The third-order valence-electron chi connectivity index (χ3n) is 6.23. The summed E-state index contributed by atoms with van der Waals surface area (Å²) in [5.41, 5.74) is 10.8. The van der Waals surface area contributed by atoms with Crippen LogP contribution in [0.25, 0.3) is 22.0 Å². The van der Waals surface area contributed by atoms with Crippen LogP contribution in [-0.2, 0) is 24.1 Å². The number of fused-ring (bicyclic) bond motifs is 2. The largest absolute Gasteiger partial charge is 0.368 e. The molecular weight excluding hydrogens is 472 g/mol. The van der Waals surface area contributed by atoms with E-state index in [9.17, 15) is 9.00 Å². The molecule has 3 aromatic carbocycles. The molecule has 0 saturated heterocycles. The van der Waals surface area contributed by atoms with Gasteiger partial charge >= 0.3 is 0 Å². The van der Waals surface area contributed by atoms with E-state index in [1.54, 1.807) is 4.90 Å². The summed E-state index contributed by atoms with van der Waals surface area (Å²) in [6.07, 6.45) is 0. The average molecular weight is 501 g/mol. The quantitative estimate of drug-likeness (QED) is 0.404. The van der Waals surface area contributed by atoms with Crippen molar-refractivity contribution in [1.82, 2.24) is 24.5 Å². The van der Waals surface area contributed by atoms with E-state index < -0.39 is 11.0 Å². The highest BCUT2D eigenvalue weighted by molar-refractivity contribution is 7.83. The lowest BCUT2D eigenvalue weighted by molar-refractivity contribution is 0.0747. The molecule has 36 heavy (non-hydrogen) atoms. The zero-order valence-corrected chi connectivity index (χ0v) is 21.1. The number of nitrogens with two attached hydrogens (primary N) is 1. The molecule has 0 spiro atoms. The first-order chi connectivity index (χ1) is 17.4. The normalized spacial score (nSPS) is 13.8. The van der Waals surface area contributed by atoms with Gasteiger partial charge in [0.2, 0.25) is 5.95 Å². The molecule has 8 nitrogen and oxygen atoms in total. The van der Waals surface area contributed by atoms with Crippen molar-refractivity contribution in [1.29, 1.82) is 0 Å². The highest BCUT2D eigenvalue weighted by Crippen LogP contribution is 2.31. The molecule has 1 aliphatic rings. The lowest BCUT2D eigenvalue weighted by Crippen LogP contribution is -2.28. The van der Waals surface area contributed by atoms with Gasteiger partial charge in [0.1, 0.15) is 16.7 Å². The minimum Gasteiger partial charge on any atom is -0.368 e. The van der Waals surface area contributed by atoms with Gasteiger partial charge in [-0.25, -0.2) is 18.9 Å². The number of aromatic nitrogens is 2. The Hall–Kier alpha value is -3.66. The summed E-state index contributed by atoms with van der Waals surface area (Å²) >= 11 is 0. The molecule has 1 aromatic heterocycles. The van der Waals surface area contributed by atoms with Gasteiger partial charge in [-0.05, 0) is 54.5 Å². The molecule has 4 aromatic rings. The van der Waals surface area contributed by atoms with Crippen molar-refractivity contribution in [2.75, 3.05) is 32.9 Å². The third kappa shape index (κ3) is 4.86. The Morgan fingerprint density at radius 2 is 1.72 bits per heavy atom. The number of anilines is 1. The maximum atomic E-state index is 13.6. The number of hydrogen-bond donors (Lipinski definition) is 2. The Balaban J connectivity index is 1.51. The van der Waals surface area contributed by atoms with E-state index in [0.717, 1.165) is 28.8 Å².